The predicted octanol–water partition coefficient (Wildman–Crippen LogP) is 3.78. The van der Waals surface area contributed by atoms with Crippen LogP contribution >= 0.6 is 11.6 Å². The fourth-order valence-electron chi connectivity index (χ4n) is 2.09. The van der Waals surface area contributed by atoms with Gasteiger partial charge in [-0.1, -0.05) is 37.6 Å². The molecule has 0 unspecified atom stereocenters. The number of amides is 1. The maximum absolute atomic E-state index is 12.1. The minimum absolute atomic E-state index is 0.0704. The van der Waals surface area contributed by atoms with Crippen molar-refractivity contribution in [3.05, 3.63) is 58.7 Å². The van der Waals surface area contributed by atoms with Gasteiger partial charge in [0.2, 0.25) is 0 Å². The first-order valence-electron chi connectivity index (χ1n) is 7.77. The molecule has 0 atom stereocenters. The van der Waals surface area contributed by atoms with Gasteiger partial charge in [0.1, 0.15) is 5.82 Å². The SMILES string of the molecule is CC(C)CNC(=O)c1ccnc(NCCc2cccc(Cl)c2)c1. The molecule has 23 heavy (non-hydrogen) atoms. The van der Waals surface area contributed by atoms with Gasteiger partial charge in [0, 0.05) is 29.9 Å². The van der Waals surface area contributed by atoms with Crippen molar-refractivity contribution >= 4 is 23.3 Å². The Kier molecular flexibility index (Phi) is 6.41. The second kappa shape index (κ2) is 8.53. The summed E-state index contributed by atoms with van der Waals surface area (Å²) >= 11 is 5.97. The van der Waals surface area contributed by atoms with Gasteiger partial charge in [0.15, 0.2) is 0 Å². The molecule has 2 aromatic rings. The highest BCUT2D eigenvalue weighted by atomic mass is 35.5. The molecule has 0 aliphatic heterocycles. The van der Waals surface area contributed by atoms with Crippen LogP contribution in [0.3, 0.4) is 0 Å². The van der Waals surface area contributed by atoms with Gasteiger partial charge in [-0.2, -0.15) is 0 Å². The minimum atomic E-state index is -0.0704. The van der Waals surface area contributed by atoms with Gasteiger partial charge in [-0.15, -0.1) is 0 Å². The third-order valence-corrected chi connectivity index (χ3v) is 3.54. The lowest BCUT2D eigenvalue weighted by atomic mass is 10.1. The van der Waals surface area contributed by atoms with E-state index in [1.54, 1.807) is 18.3 Å². The van der Waals surface area contributed by atoms with E-state index >= 15 is 0 Å². The predicted molar refractivity (Wildman–Crippen MR) is 95.1 cm³/mol. The summed E-state index contributed by atoms with van der Waals surface area (Å²) in [6.07, 6.45) is 2.48. The molecular weight excluding hydrogens is 310 g/mol. The first kappa shape index (κ1) is 17.3. The van der Waals surface area contributed by atoms with Crippen LogP contribution in [0.15, 0.2) is 42.6 Å². The quantitative estimate of drug-likeness (QED) is 0.812. The lowest BCUT2D eigenvalue weighted by Crippen LogP contribution is -2.27. The molecule has 2 N–H and O–H groups in total. The van der Waals surface area contributed by atoms with E-state index in [1.807, 2.05) is 24.3 Å². The molecule has 0 spiro atoms. The van der Waals surface area contributed by atoms with Gasteiger partial charge in [-0.25, -0.2) is 4.98 Å². The molecule has 0 radical (unpaired) electrons. The Morgan fingerprint density at radius 3 is 2.83 bits per heavy atom. The van der Waals surface area contributed by atoms with Gasteiger partial charge >= 0.3 is 0 Å². The number of nitrogens with zero attached hydrogens (tertiary/aromatic N) is 1. The normalized spacial score (nSPS) is 10.6. The molecule has 0 fully saturated rings. The topological polar surface area (TPSA) is 54.0 Å². The van der Waals surface area contributed by atoms with Crippen molar-refractivity contribution in [1.82, 2.24) is 10.3 Å². The third-order valence-electron chi connectivity index (χ3n) is 3.30. The maximum Gasteiger partial charge on any atom is 0.251 e. The van der Waals surface area contributed by atoms with Gasteiger partial charge < -0.3 is 10.6 Å². The third kappa shape index (κ3) is 5.91. The number of aromatic nitrogens is 1. The number of hydrogen-bond donors (Lipinski definition) is 2. The Hall–Kier alpha value is -2.07. The van der Waals surface area contributed by atoms with Gasteiger partial charge in [0.05, 0.1) is 0 Å². The Morgan fingerprint density at radius 2 is 2.09 bits per heavy atom. The zero-order chi connectivity index (χ0) is 16.7. The van der Waals surface area contributed by atoms with Gasteiger partial charge in [-0.05, 0) is 42.2 Å². The highest BCUT2D eigenvalue weighted by Crippen LogP contribution is 2.12. The van der Waals surface area contributed by atoms with Gasteiger partial charge in [-0.3, -0.25) is 4.79 Å². The van der Waals surface area contributed by atoms with E-state index in [9.17, 15) is 4.79 Å². The molecule has 0 bridgehead atoms. The maximum atomic E-state index is 12.1. The number of carbonyl (C=O) groups is 1. The summed E-state index contributed by atoms with van der Waals surface area (Å²) in [5.41, 5.74) is 1.78. The highest BCUT2D eigenvalue weighted by molar-refractivity contribution is 6.30. The number of halogens is 1. The fourth-order valence-corrected chi connectivity index (χ4v) is 2.31. The summed E-state index contributed by atoms with van der Waals surface area (Å²) in [6.45, 7) is 5.52. The summed E-state index contributed by atoms with van der Waals surface area (Å²) in [4.78, 5) is 16.3. The van der Waals surface area contributed by atoms with Gasteiger partial charge in [0.25, 0.3) is 5.91 Å². The summed E-state index contributed by atoms with van der Waals surface area (Å²) in [7, 11) is 0. The van der Waals surface area contributed by atoms with Crippen molar-refractivity contribution in [3.8, 4) is 0 Å². The van der Waals surface area contributed by atoms with Crippen LogP contribution in [-0.2, 0) is 6.42 Å². The highest BCUT2D eigenvalue weighted by Gasteiger charge is 2.07. The number of carbonyl (C=O) groups excluding carboxylic acids is 1. The summed E-state index contributed by atoms with van der Waals surface area (Å²) in [5.74, 6) is 1.05. The number of nitrogens with one attached hydrogen (secondary N) is 2. The van der Waals surface area contributed by atoms with Crippen LogP contribution < -0.4 is 10.6 Å². The molecule has 0 aliphatic carbocycles. The van der Waals surface area contributed by atoms with E-state index in [0.717, 1.165) is 23.6 Å². The van der Waals surface area contributed by atoms with Crippen LogP contribution in [0.25, 0.3) is 0 Å². The molecule has 5 heteroatoms. The summed E-state index contributed by atoms with van der Waals surface area (Å²) in [5, 5.41) is 6.88. The van der Waals surface area contributed by atoms with Crippen LogP contribution in [0.2, 0.25) is 5.02 Å². The number of anilines is 1. The monoisotopic (exact) mass is 331 g/mol. The molecule has 0 saturated carbocycles. The van der Waals surface area contributed by atoms with Crippen molar-refractivity contribution in [3.63, 3.8) is 0 Å². The first-order valence-corrected chi connectivity index (χ1v) is 8.15. The zero-order valence-corrected chi connectivity index (χ0v) is 14.2. The Bertz CT molecular complexity index is 658. The lowest BCUT2D eigenvalue weighted by molar-refractivity contribution is 0.0949. The molecule has 4 nitrogen and oxygen atoms in total. The number of rotatable bonds is 7. The molecule has 1 aromatic carbocycles. The van der Waals surface area contributed by atoms with E-state index in [2.05, 4.69) is 29.5 Å². The van der Waals surface area contributed by atoms with Crippen molar-refractivity contribution in [2.75, 3.05) is 18.4 Å². The zero-order valence-electron chi connectivity index (χ0n) is 13.5. The number of pyridine rings is 1. The second-order valence-electron chi connectivity index (χ2n) is 5.84. The molecule has 0 saturated heterocycles. The Balaban J connectivity index is 1.88. The average Bonchev–Trinajstić information content (AvgIpc) is 2.53. The van der Waals surface area contributed by atoms with E-state index in [1.165, 1.54) is 0 Å². The van der Waals surface area contributed by atoms with Crippen molar-refractivity contribution < 1.29 is 4.79 Å². The van der Waals surface area contributed by atoms with Crippen molar-refractivity contribution in [2.45, 2.75) is 20.3 Å². The molecule has 1 aromatic heterocycles. The van der Waals surface area contributed by atoms with Crippen LogP contribution in [-0.4, -0.2) is 24.0 Å². The average molecular weight is 332 g/mol. The Morgan fingerprint density at radius 1 is 1.26 bits per heavy atom. The second-order valence-corrected chi connectivity index (χ2v) is 6.28. The van der Waals surface area contributed by atoms with E-state index in [0.29, 0.717) is 23.8 Å². The first-order chi connectivity index (χ1) is 11.0. The fraction of sp³-hybridized carbons (Fsp3) is 0.333. The standard InChI is InChI=1S/C18H22ClN3O/c1-13(2)12-22-18(23)15-7-9-21-17(11-15)20-8-6-14-4-3-5-16(19)10-14/h3-5,7,9-11,13H,6,8,12H2,1-2H3,(H,20,21)(H,22,23). The van der Waals surface area contributed by atoms with E-state index < -0.39 is 0 Å². The van der Waals surface area contributed by atoms with Crippen LogP contribution in [0.1, 0.15) is 29.8 Å². The van der Waals surface area contributed by atoms with Crippen molar-refractivity contribution in [2.24, 2.45) is 5.92 Å². The summed E-state index contributed by atoms with van der Waals surface area (Å²) < 4.78 is 0. The van der Waals surface area contributed by atoms with E-state index in [-0.39, 0.29) is 5.91 Å². The summed E-state index contributed by atoms with van der Waals surface area (Å²) in [6, 6.07) is 11.3. The molecule has 2 rings (SSSR count). The largest absolute Gasteiger partial charge is 0.370 e. The van der Waals surface area contributed by atoms with Crippen LogP contribution in [0.5, 0.6) is 0 Å². The molecule has 1 amide bonds. The smallest absolute Gasteiger partial charge is 0.251 e. The molecular formula is C18H22ClN3O. The van der Waals surface area contributed by atoms with Crippen LogP contribution in [0.4, 0.5) is 5.82 Å². The lowest BCUT2D eigenvalue weighted by Gasteiger charge is -2.09. The van der Waals surface area contributed by atoms with Crippen molar-refractivity contribution in [1.29, 1.82) is 0 Å². The minimum Gasteiger partial charge on any atom is -0.370 e. The Labute approximate surface area is 142 Å². The van der Waals surface area contributed by atoms with Crippen LogP contribution in [0, 0.1) is 5.92 Å². The number of benzene rings is 1. The number of hydrogen-bond acceptors (Lipinski definition) is 3. The molecule has 122 valence electrons. The molecule has 1 heterocycles. The van der Waals surface area contributed by atoms with E-state index in [4.69, 9.17) is 11.6 Å². The molecule has 0 aliphatic rings.